The van der Waals surface area contributed by atoms with Gasteiger partial charge in [-0.2, -0.15) is 0 Å². The number of aliphatic hydroxyl groups is 2. The molecule has 0 amide bonds. The van der Waals surface area contributed by atoms with Crippen LogP contribution in [0.15, 0.2) is 0 Å². The van der Waals surface area contributed by atoms with E-state index in [4.69, 9.17) is 0 Å². The fourth-order valence-corrected chi connectivity index (χ4v) is 7.94. The van der Waals surface area contributed by atoms with Crippen LogP contribution in [-0.4, -0.2) is 21.8 Å². The van der Waals surface area contributed by atoms with Crippen LogP contribution in [0.25, 0.3) is 0 Å². The number of hydrogen-bond donors (Lipinski definition) is 2. The minimum Gasteiger partial charge on any atom is -0.366 e. The second-order valence-electron chi connectivity index (χ2n) is 10.2. The Morgan fingerprint density at radius 3 is 2.38 bits per heavy atom. The molecule has 0 unspecified atom stereocenters. The number of ketones is 1. The summed E-state index contributed by atoms with van der Waals surface area (Å²) in [7, 11) is 0. The standard InChI is InChI=1S/C21H34O3/c1-19-10-8-14(22)12-13(19)4-5-15-16-6-7-18(21(3,23)24)20(16,2)11-9-17(15)19/h13,15-18,23-24H,4-12H2,1-3H3/t13-,15-,16-,17-,18-,19-,20-/m0/s1. The van der Waals surface area contributed by atoms with Gasteiger partial charge in [-0.1, -0.05) is 13.8 Å². The summed E-state index contributed by atoms with van der Waals surface area (Å²) >= 11 is 0. The maximum Gasteiger partial charge on any atom is 0.163 e. The van der Waals surface area contributed by atoms with Gasteiger partial charge in [-0.25, -0.2) is 0 Å². The third kappa shape index (κ3) is 2.26. The van der Waals surface area contributed by atoms with Crippen molar-refractivity contribution in [3.05, 3.63) is 0 Å². The Hall–Kier alpha value is -0.410. The first-order chi connectivity index (χ1) is 11.2. The molecule has 136 valence electrons. The topological polar surface area (TPSA) is 57.5 Å². The van der Waals surface area contributed by atoms with Gasteiger partial charge in [0.2, 0.25) is 0 Å². The highest BCUT2D eigenvalue weighted by atomic mass is 16.5. The average Bonchev–Trinajstić information content (AvgIpc) is 2.85. The first-order valence-electron chi connectivity index (χ1n) is 10.1. The van der Waals surface area contributed by atoms with E-state index in [1.165, 1.54) is 19.3 Å². The van der Waals surface area contributed by atoms with Crippen LogP contribution in [0.5, 0.6) is 0 Å². The van der Waals surface area contributed by atoms with Crippen molar-refractivity contribution in [1.82, 2.24) is 0 Å². The molecule has 2 N–H and O–H groups in total. The number of hydrogen-bond acceptors (Lipinski definition) is 3. The van der Waals surface area contributed by atoms with Gasteiger partial charge in [0.1, 0.15) is 5.78 Å². The highest BCUT2D eigenvalue weighted by molar-refractivity contribution is 5.79. The SMILES string of the molecule is CC(O)(O)[C@H]1CC[C@H]2[C@@H]3CC[C@H]4CC(=O)CC[C@]4(C)[C@H]3CC[C@]12C. The van der Waals surface area contributed by atoms with Crippen LogP contribution in [0.1, 0.15) is 78.6 Å². The molecule has 7 atom stereocenters. The Kier molecular flexibility index (Phi) is 3.76. The van der Waals surface area contributed by atoms with Crippen molar-refractivity contribution < 1.29 is 15.0 Å². The summed E-state index contributed by atoms with van der Waals surface area (Å²) in [5.74, 6) is 1.64. The molecule has 0 bridgehead atoms. The minimum atomic E-state index is -1.55. The van der Waals surface area contributed by atoms with Crippen molar-refractivity contribution in [1.29, 1.82) is 0 Å². The van der Waals surface area contributed by atoms with E-state index < -0.39 is 5.79 Å². The molecule has 0 aromatic heterocycles. The molecule has 4 aliphatic carbocycles. The number of Topliss-reactive ketones (excluding diaryl/α,β-unsaturated/α-hetero) is 1. The van der Waals surface area contributed by atoms with Crippen LogP contribution in [0.2, 0.25) is 0 Å². The predicted molar refractivity (Wildman–Crippen MR) is 93.1 cm³/mol. The summed E-state index contributed by atoms with van der Waals surface area (Å²) in [5.41, 5.74) is 0.422. The van der Waals surface area contributed by atoms with Crippen molar-refractivity contribution in [3.8, 4) is 0 Å². The molecule has 0 saturated heterocycles. The third-order valence-corrected chi connectivity index (χ3v) is 9.14. The van der Waals surface area contributed by atoms with E-state index in [0.717, 1.165) is 50.4 Å². The molecule has 0 radical (unpaired) electrons. The molecule has 0 aromatic carbocycles. The van der Waals surface area contributed by atoms with Crippen LogP contribution in [0.4, 0.5) is 0 Å². The number of carbonyl (C=O) groups is 1. The molecule has 4 rings (SSSR count). The molecule has 0 aliphatic heterocycles. The maximum absolute atomic E-state index is 12.0. The monoisotopic (exact) mass is 334 g/mol. The van der Waals surface area contributed by atoms with Gasteiger partial charge in [0.15, 0.2) is 5.79 Å². The molecule has 4 saturated carbocycles. The van der Waals surface area contributed by atoms with Gasteiger partial charge in [0.25, 0.3) is 0 Å². The first kappa shape index (κ1) is 17.0. The summed E-state index contributed by atoms with van der Waals surface area (Å²) in [4.78, 5) is 12.0. The van der Waals surface area contributed by atoms with Gasteiger partial charge in [-0.3, -0.25) is 4.79 Å². The van der Waals surface area contributed by atoms with Crippen LogP contribution in [-0.2, 0) is 4.79 Å². The summed E-state index contributed by atoms with van der Waals surface area (Å²) < 4.78 is 0. The normalized spacial score (nSPS) is 51.7. The lowest BCUT2D eigenvalue weighted by atomic mass is 9.44. The third-order valence-electron chi connectivity index (χ3n) is 9.14. The Morgan fingerprint density at radius 1 is 0.958 bits per heavy atom. The lowest BCUT2D eigenvalue weighted by Gasteiger charge is -2.60. The number of carbonyl (C=O) groups excluding carboxylic acids is 1. The largest absolute Gasteiger partial charge is 0.366 e. The smallest absolute Gasteiger partial charge is 0.163 e. The Morgan fingerprint density at radius 2 is 1.67 bits per heavy atom. The molecule has 0 heterocycles. The van der Waals surface area contributed by atoms with E-state index in [9.17, 15) is 15.0 Å². The molecule has 0 spiro atoms. The Bertz CT molecular complexity index is 536. The van der Waals surface area contributed by atoms with Gasteiger partial charge in [0, 0.05) is 18.8 Å². The van der Waals surface area contributed by atoms with E-state index in [1.54, 1.807) is 6.92 Å². The second-order valence-corrected chi connectivity index (χ2v) is 10.2. The first-order valence-corrected chi connectivity index (χ1v) is 10.1. The zero-order chi connectivity index (χ0) is 17.3. The van der Waals surface area contributed by atoms with Crippen molar-refractivity contribution in [2.75, 3.05) is 0 Å². The number of rotatable bonds is 1. The van der Waals surface area contributed by atoms with Crippen LogP contribution < -0.4 is 0 Å². The van der Waals surface area contributed by atoms with Gasteiger partial charge in [-0.05, 0) is 86.4 Å². The molecule has 4 aliphatic rings. The van der Waals surface area contributed by atoms with Crippen molar-refractivity contribution in [2.24, 2.45) is 40.4 Å². The second kappa shape index (κ2) is 5.30. The molecule has 3 nitrogen and oxygen atoms in total. The van der Waals surface area contributed by atoms with Crippen molar-refractivity contribution in [2.45, 2.75) is 84.3 Å². The Labute approximate surface area is 146 Å². The summed E-state index contributed by atoms with van der Waals surface area (Å²) in [6.07, 6.45) is 9.58. The van der Waals surface area contributed by atoms with E-state index in [2.05, 4.69) is 13.8 Å². The Balaban J connectivity index is 1.62. The van der Waals surface area contributed by atoms with Crippen LogP contribution in [0.3, 0.4) is 0 Å². The van der Waals surface area contributed by atoms with E-state index in [0.29, 0.717) is 23.0 Å². The highest BCUT2D eigenvalue weighted by Gasteiger charge is 2.62. The fourth-order valence-electron chi connectivity index (χ4n) is 7.94. The zero-order valence-electron chi connectivity index (χ0n) is 15.6. The maximum atomic E-state index is 12.0. The predicted octanol–water partition coefficient (Wildman–Crippen LogP) is 3.92. The van der Waals surface area contributed by atoms with Gasteiger partial charge in [-0.15, -0.1) is 0 Å². The fraction of sp³-hybridized carbons (Fsp3) is 0.952. The molecular formula is C21H34O3. The molecule has 4 fully saturated rings. The van der Waals surface area contributed by atoms with E-state index in [1.807, 2.05) is 0 Å². The average molecular weight is 335 g/mol. The van der Waals surface area contributed by atoms with E-state index in [-0.39, 0.29) is 11.3 Å². The summed E-state index contributed by atoms with van der Waals surface area (Å²) in [6.45, 7) is 6.38. The van der Waals surface area contributed by atoms with Crippen LogP contribution >= 0.6 is 0 Å². The lowest BCUT2D eigenvalue weighted by Crippen LogP contribution is -2.55. The van der Waals surface area contributed by atoms with Crippen molar-refractivity contribution >= 4 is 5.78 Å². The molecule has 24 heavy (non-hydrogen) atoms. The van der Waals surface area contributed by atoms with Crippen LogP contribution in [0, 0.1) is 40.4 Å². The zero-order valence-corrected chi connectivity index (χ0v) is 15.6. The summed E-state index contributed by atoms with van der Waals surface area (Å²) in [5, 5.41) is 20.6. The summed E-state index contributed by atoms with van der Waals surface area (Å²) in [6, 6.07) is 0. The highest BCUT2D eigenvalue weighted by Crippen LogP contribution is 2.68. The minimum absolute atomic E-state index is 0.00872. The molecule has 0 aromatic rings. The number of fused-ring (bicyclic) bond motifs is 5. The van der Waals surface area contributed by atoms with Gasteiger partial charge in [0.05, 0.1) is 0 Å². The van der Waals surface area contributed by atoms with E-state index >= 15 is 0 Å². The lowest BCUT2D eigenvalue weighted by molar-refractivity contribution is -0.221. The van der Waals surface area contributed by atoms with Gasteiger partial charge >= 0.3 is 0 Å². The van der Waals surface area contributed by atoms with Crippen molar-refractivity contribution in [3.63, 3.8) is 0 Å². The molecule has 3 heteroatoms. The quantitative estimate of drug-likeness (QED) is 0.715. The molecular weight excluding hydrogens is 300 g/mol. The van der Waals surface area contributed by atoms with Gasteiger partial charge < -0.3 is 10.2 Å².